The summed E-state index contributed by atoms with van der Waals surface area (Å²) < 4.78 is 17.2. The van der Waals surface area contributed by atoms with E-state index in [1.807, 2.05) is 13.8 Å². The molecule has 0 aliphatic rings. The van der Waals surface area contributed by atoms with Crippen LogP contribution in [0.3, 0.4) is 0 Å². The van der Waals surface area contributed by atoms with Crippen LogP contribution in [-0.2, 0) is 9.53 Å². The molecule has 1 N–H and O–H groups in total. The molecule has 0 spiro atoms. The van der Waals surface area contributed by atoms with Crippen molar-refractivity contribution >= 4 is 17.7 Å². The second kappa shape index (κ2) is 8.37. The number of nitrogens with zero attached hydrogens (tertiary/aromatic N) is 2. The molecular formula is C18H23N3O5. The number of amides is 1. The van der Waals surface area contributed by atoms with E-state index < -0.39 is 18.0 Å². The van der Waals surface area contributed by atoms with Crippen molar-refractivity contribution in [2.75, 3.05) is 19.5 Å². The third-order valence-corrected chi connectivity index (χ3v) is 3.65. The SMILES string of the molecule is COc1cc(OC)cc(C(=O)O[C@H](C)C(=O)Nc2ccnn2C(C)C)c1. The van der Waals surface area contributed by atoms with Gasteiger partial charge < -0.3 is 19.5 Å². The van der Waals surface area contributed by atoms with Gasteiger partial charge in [0.1, 0.15) is 17.3 Å². The number of ether oxygens (including phenoxy) is 3. The van der Waals surface area contributed by atoms with Crippen molar-refractivity contribution in [3.63, 3.8) is 0 Å². The standard InChI is InChI=1S/C18H23N3O5/c1-11(2)21-16(6-7-19-21)20-17(22)12(3)26-18(23)13-8-14(24-4)10-15(9-13)25-5/h6-12H,1-5H3,(H,20,22)/t12-/m1/s1. The van der Waals surface area contributed by atoms with Gasteiger partial charge in [-0.3, -0.25) is 4.79 Å². The van der Waals surface area contributed by atoms with Crippen LogP contribution in [0.15, 0.2) is 30.5 Å². The van der Waals surface area contributed by atoms with Gasteiger partial charge in [0.05, 0.1) is 26.0 Å². The molecule has 1 aromatic carbocycles. The number of anilines is 1. The van der Waals surface area contributed by atoms with Gasteiger partial charge in [-0.1, -0.05) is 0 Å². The molecule has 0 bridgehead atoms. The normalized spacial score (nSPS) is 11.8. The Morgan fingerprint density at radius 2 is 1.69 bits per heavy atom. The Labute approximate surface area is 152 Å². The van der Waals surface area contributed by atoms with Crippen molar-refractivity contribution in [2.45, 2.75) is 32.9 Å². The average Bonchev–Trinajstić information content (AvgIpc) is 3.09. The molecule has 1 heterocycles. The zero-order valence-electron chi connectivity index (χ0n) is 15.5. The molecule has 8 heteroatoms. The Hall–Kier alpha value is -3.03. The van der Waals surface area contributed by atoms with Gasteiger partial charge >= 0.3 is 5.97 Å². The van der Waals surface area contributed by atoms with Crippen LogP contribution in [0.5, 0.6) is 11.5 Å². The Bertz CT molecular complexity index is 763. The molecule has 0 unspecified atom stereocenters. The summed E-state index contributed by atoms with van der Waals surface area (Å²) in [6.07, 6.45) is 0.602. The molecule has 2 rings (SSSR count). The highest BCUT2D eigenvalue weighted by molar-refractivity contribution is 5.97. The maximum atomic E-state index is 12.3. The Balaban J connectivity index is 2.06. The summed E-state index contributed by atoms with van der Waals surface area (Å²) in [6, 6.07) is 6.44. The summed E-state index contributed by atoms with van der Waals surface area (Å²) >= 11 is 0. The quantitative estimate of drug-likeness (QED) is 0.762. The number of aromatic nitrogens is 2. The van der Waals surface area contributed by atoms with Crippen LogP contribution in [0.2, 0.25) is 0 Å². The van der Waals surface area contributed by atoms with E-state index in [0.717, 1.165) is 0 Å². The number of carbonyl (C=O) groups excluding carboxylic acids is 2. The lowest BCUT2D eigenvalue weighted by molar-refractivity contribution is -0.123. The van der Waals surface area contributed by atoms with Crippen LogP contribution in [-0.4, -0.2) is 42.0 Å². The summed E-state index contributed by atoms with van der Waals surface area (Å²) in [6.45, 7) is 5.39. The minimum atomic E-state index is -0.991. The number of esters is 1. The number of benzene rings is 1. The highest BCUT2D eigenvalue weighted by Crippen LogP contribution is 2.23. The molecule has 140 valence electrons. The summed E-state index contributed by atoms with van der Waals surface area (Å²) in [5.41, 5.74) is 0.230. The lowest BCUT2D eigenvalue weighted by atomic mass is 10.2. The minimum Gasteiger partial charge on any atom is -0.497 e. The van der Waals surface area contributed by atoms with Crippen LogP contribution in [0.4, 0.5) is 5.82 Å². The molecule has 0 saturated heterocycles. The van der Waals surface area contributed by atoms with Gasteiger partial charge in [0, 0.05) is 18.2 Å². The predicted molar refractivity (Wildman–Crippen MR) is 95.7 cm³/mol. The molecule has 0 fully saturated rings. The predicted octanol–water partition coefficient (Wildman–Crippen LogP) is 2.67. The molecule has 2 aromatic rings. The van der Waals surface area contributed by atoms with Crippen LogP contribution in [0, 0.1) is 0 Å². The van der Waals surface area contributed by atoms with E-state index in [0.29, 0.717) is 17.3 Å². The Morgan fingerprint density at radius 1 is 1.08 bits per heavy atom. The molecule has 1 aromatic heterocycles. The van der Waals surface area contributed by atoms with Crippen LogP contribution in [0.1, 0.15) is 37.2 Å². The van der Waals surface area contributed by atoms with Crippen molar-refractivity contribution in [1.82, 2.24) is 9.78 Å². The number of hydrogen-bond donors (Lipinski definition) is 1. The maximum Gasteiger partial charge on any atom is 0.339 e. The van der Waals surface area contributed by atoms with Gasteiger partial charge in [-0.25, -0.2) is 9.48 Å². The number of methoxy groups -OCH3 is 2. The number of rotatable bonds is 7. The summed E-state index contributed by atoms with van der Waals surface area (Å²) in [5, 5.41) is 6.85. The second-order valence-corrected chi connectivity index (χ2v) is 5.89. The van der Waals surface area contributed by atoms with E-state index in [2.05, 4.69) is 10.4 Å². The number of carbonyl (C=O) groups is 2. The first-order valence-corrected chi connectivity index (χ1v) is 8.14. The third-order valence-electron chi connectivity index (χ3n) is 3.65. The molecule has 0 aliphatic carbocycles. The lowest BCUT2D eigenvalue weighted by Gasteiger charge is -2.16. The van der Waals surface area contributed by atoms with Gasteiger partial charge in [-0.15, -0.1) is 0 Å². The monoisotopic (exact) mass is 361 g/mol. The Kier molecular flexibility index (Phi) is 6.21. The maximum absolute atomic E-state index is 12.3. The summed E-state index contributed by atoms with van der Waals surface area (Å²) in [7, 11) is 2.97. The van der Waals surface area contributed by atoms with E-state index in [1.165, 1.54) is 33.3 Å². The average molecular weight is 361 g/mol. The second-order valence-electron chi connectivity index (χ2n) is 5.89. The van der Waals surface area contributed by atoms with E-state index in [9.17, 15) is 9.59 Å². The molecule has 0 saturated carbocycles. The third kappa shape index (κ3) is 4.53. The molecule has 0 aliphatic heterocycles. The Morgan fingerprint density at radius 3 is 2.23 bits per heavy atom. The molecule has 1 amide bonds. The van der Waals surface area contributed by atoms with E-state index in [-0.39, 0.29) is 11.6 Å². The molecule has 26 heavy (non-hydrogen) atoms. The fraction of sp³-hybridized carbons (Fsp3) is 0.389. The largest absolute Gasteiger partial charge is 0.497 e. The van der Waals surface area contributed by atoms with Gasteiger partial charge in [0.25, 0.3) is 5.91 Å². The smallest absolute Gasteiger partial charge is 0.339 e. The van der Waals surface area contributed by atoms with Gasteiger partial charge in [-0.2, -0.15) is 5.10 Å². The summed E-state index contributed by atoms with van der Waals surface area (Å²) in [5.74, 6) is 0.345. The van der Waals surface area contributed by atoms with Gasteiger partial charge in [-0.05, 0) is 32.9 Å². The highest BCUT2D eigenvalue weighted by atomic mass is 16.5. The fourth-order valence-corrected chi connectivity index (χ4v) is 2.26. The molecule has 1 atom stereocenters. The van der Waals surface area contributed by atoms with Crippen molar-refractivity contribution in [1.29, 1.82) is 0 Å². The van der Waals surface area contributed by atoms with E-state index >= 15 is 0 Å². The zero-order valence-corrected chi connectivity index (χ0v) is 15.5. The van der Waals surface area contributed by atoms with Crippen LogP contribution in [0.25, 0.3) is 0 Å². The molecule has 0 radical (unpaired) electrons. The minimum absolute atomic E-state index is 0.0856. The van der Waals surface area contributed by atoms with Gasteiger partial charge in [0.15, 0.2) is 6.10 Å². The first-order valence-electron chi connectivity index (χ1n) is 8.14. The summed E-state index contributed by atoms with van der Waals surface area (Å²) in [4.78, 5) is 24.7. The van der Waals surface area contributed by atoms with Crippen molar-refractivity contribution in [3.05, 3.63) is 36.0 Å². The van der Waals surface area contributed by atoms with Crippen LogP contribution >= 0.6 is 0 Å². The molecular weight excluding hydrogens is 338 g/mol. The highest BCUT2D eigenvalue weighted by Gasteiger charge is 2.21. The van der Waals surface area contributed by atoms with E-state index in [1.54, 1.807) is 23.0 Å². The van der Waals surface area contributed by atoms with E-state index in [4.69, 9.17) is 14.2 Å². The van der Waals surface area contributed by atoms with Crippen molar-refractivity contribution < 1.29 is 23.8 Å². The van der Waals surface area contributed by atoms with Crippen molar-refractivity contribution in [2.24, 2.45) is 0 Å². The number of hydrogen-bond acceptors (Lipinski definition) is 6. The molecule has 8 nitrogen and oxygen atoms in total. The zero-order chi connectivity index (χ0) is 19.3. The first kappa shape index (κ1) is 19.3. The number of nitrogens with one attached hydrogen (secondary N) is 1. The first-order chi connectivity index (χ1) is 12.3. The topological polar surface area (TPSA) is 91.7 Å². The van der Waals surface area contributed by atoms with Crippen molar-refractivity contribution in [3.8, 4) is 11.5 Å². The van der Waals surface area contributed by atoms with Gasteiger partial charge in [0.2, 0.25) is 0 Å². The lowest BCUT2D eigenvalue weighted by Crippen LogP contribution is -2.31. The fourth-order valence-electron chi connectivity index (χ4n) is 2.26. The van der Waals surface area contributed by atoms with Crippen LogP contribution < -0.4 is 14.8 Å².